The van der Waals surface area contributed by atoms with Crippen LogP contribution in [0.1, 0.15) is 26.3 Å². The molecule has 0 aliphatic carbocycles. The normalized spacial score (nSPS) is 13.7. The Balaban J connectivity index is 3.24. The van der Waals surface area contributed by atoms with Gasteiger partial charge in [-0.25, -0.2) is 8.42 Å². The highest BCUT2D eigenvalue weighted by Crippen LogP contribution is 2.31. The minimum atomic E-state index is -4.61. The van der Waals surface area contributed by atoms with Crippen molar-refractivity contribution in [3.63, 3.8) is 0 Å². The van der Waals surface area contributed by atoms with Crippen LogP contribution in [0.2, 0.25) is 0 Å². The molecular formula is C13H18F3NO3S. The maximum Gasteiger partial charge on any atom is 0.416 e. The summed E-state index contributed by atoms with van der Waals surface area (Å²) in [4.78, 5) is -0.441. The quantitative estimate of drug-likeness (QED) is 0.905. The van der Waals surface area contributed by atoms with Gasteiger partial charge >= 0.3 is 6.18 Å². The van der Waals surface area contributed by atoms with E-state index < -0.39 is 32.3 Å². The summed E-state index contributed by atoms with van der Waals surface area (Å²) in [6.07, 6.45) is -4.61. The van der Waals surface area contributed by atoms with Crippen molar-refractivity contribution in [1.29, 1.82) is 0 Å². The molecular weight excluding hydrogens is 307 g/mol. The third kappa shape index (κ3) is 4.69. The first kappa shape index (κ1) is 17.9. The highest BCUT2D eigenvalue weighted by atomic mass is 32.2. The maximum absolute atomic E-state index is 12.7. The largest absolute Gasteiger partial charge is 0.416 e. The third-order valence-corrected chi connectivity index (χ3v) is 4.63. The minimum Gasteiger partial charge on any atom is -0.389 e. The predicted molar refractivity (Wildman–Crippen MR) is 72.2 cm³/mol. The number of rotatable bonds is 5. The number of likely N-dealkylation sites (N-methyl/N-ethyl adjacent to an activating group) is 1. The van der Waals surface area contributed by atoms with Crippen LogP contribution in [0.25, 0.3) is 0 Å². The molecule has 1 N–H and O–H groups in total. The molecule has 21 heavy (non-hydrogen) atoms. The fourth-order valence-electron chi connectivity index (χ4n) is 1.78. The molecule has 0 heterocycles. The molecule has 4 nitrogen and oxygen atoms in total. The van der Waals surface area contributed by atoms with Crippen LogP contribution < -0.4 is 0 Å². The second-order valence-electron chi connectivity index (χ2n) is 5.27. The highest BCUT2D eigenvalue weighted by molar-refractivity contribution is 7.89. The van der Waals surface area contributed by atoms with E-state index in [4.69, 9.17) is 0 Å². The van der Waals surface area contributed by atoms with Crippen molar-refractivity contribution in [3.8, 4) is 0 Å². The zero-order valence-corrected chi connectivity index (χ0v) is 12.8. The smallest absolute Gasteiger partial charge is 0.389 e. The number of nitrogens with zero attached hydrogens (tertiary/aromatic N) is 1. The van der Waals surface area contributed by atoms with Crippen LogP contribution >= 0.6 is 0 Å². The molecule has 0 aromatic heterocycles. The van der Waals surface area contributed by atoms with E-state index in [0.717, 1.165) is 22.5 Å². The Morgan fingerprint density at radius 3 is 2.24 bits per heavy atom. The van der Waals surface area contributed by atoms with Crippen molar-refractivity contribution in [2.45, 2.75) is 37.4 Å². The molecule has 1 rings (SSSR count). The Morgan fingerprint density at radius 1 is 1.24 bits per heavy atom. The molecule has 0 atom stereocenters. The second kappa shape index (κ2) is 5.94. The van der Waals surface area contributed by atoms with Gasteiger partial charge in [-0.15, -0.1) is 0 Å². The number of hydrogen-bond acceptors (Lipinski definition) is 3. The van der Waals surface area contributed by atoms with Crippen LogP contribution in [0.4, 0.5) is 13.2 Å². The summed E-state index contributed by atoms with van der Waals surface area (Å²) in [6.45, 7) is 4.25. The van der Waals surface area contributed by atoms with Crippen molar-refractivity contribution in [2.24, 2.45) is 0 Å². The van der Waals surface area contributed by atoms with Crippen molar-refractivity contribution >= 4 is 10.0 Å². The lowest BCUT2D eigenvalue weighted by molar-refractivity contribution is -0.137. The number of alkyl halides is 3. The average molecular weight is 325 g/mol. The van der Waals surface area contributed by atoms with Crippen molar-refractivity contribution in [3.05, 3.63) is 29.8 Å². The zero-order valence-electron chi connectivity index (χ0n) is 12.0. The Hall–Kier alpha value is -1.12. The maximum atomic E-state index is 12.7. The summed E-state index contributed by atoms with van der Waals surface area (Å²) in [5.41, 5.74) is -2.31. The standard InChI is InChI=1S/C13H18F3NO3S/c1-4-17(9-12(2,3)18)21(19,20)11-7-5-6-10(8-11)13(14,15)16/h5-8,18H,4,9H2,1-3H3. The molecule has 120 valence electrons. The zero-order chi connectivity index (χ0) is 16.5. The molecule has 0 spiro atoms. The van der Waals surface area contributed by atoms with Gasteiger partial charge in [0.1, 0.15) is 0 Å². The van der Waals surface area contributed by atoms with Gasteiger partial charge in [0.2, 0.25) is 10.0 Å². The minimum absolute atomic E-state index is 0.0442. The topological polar surface area (TPSA) is 57.6 Å². The first-order valence-corrected chi connectivity index (χ1v) is 7.72. The highest BCUT2D eigenvalue weighted by Gasteiger charge is 2.33. The van der Waals surface area contributed by atoms with Gasteiger partial charge in [0.25, 0.3) is 0 Å². The molecule has 0 unspecified atom stereocenters. The van der Waals surface area contributed by atoms with Gasteiger partial charge in [-0.2, -0.15) is 17.5 Å². The number of benzene rings is 1. The summed E-state index contributed by atoms with van der Waals surface area (Å²) in [5, 5.41) is 9.73. The second-order valence-corrected chi connectivity index (χ2v) is 7.21. The summed E-state index contributed by atoms with van der Waals surface area (Å²) in [5.74, 6) is 0. The summed E-state index contributed by atoms with van der Waals surface area (Å²) in [6, 6.07) is 3.57. The fraction of sp³-hybridized carbons (Fsp3) is 0.538. The van der Waals surface area contributed by atoms with Crippen LogP contribution in [0.15, 0.2) is 29.2 Å². The van der Waals surface area contributed by atoms with Gasteiger partial charge in [-0.3, -0.25) is 0 Å². The van der Waals surface area contributed by atoms with Gasteiger partial charge in [-0.05, 0) is 32.0 Å². The van der Waals surface area contributed by atoms with E-state index in [0.29, 0.717) is 6.07 Å². The van der Waals surface area contributed by atoms with E-state index in [9.17, 15) is 26.7 Å². The van der Waals surface area contributed by atoms with Gasteiger partial charge in [0.05, 0.1) is 16.1 Å². The lowest BCUT2D eigenvalue weighted by atomic mass is 10.1. The molecule has 1 aromatic carbocycles. The number of sulfonamides is 1. The van der Waals surface area contributed by atoms with Crippen LogP contribution in [-0.4, -0.2) is 36.5 Å². The lowest BCUT2D eigenvalue weighted by Gasteiger charge is -2.27. The fourth-order valence-corrected chi connectivity index (χ4v) is 3.43. The van der Waals surface area contributed by atoms with Crippen LogP contribution in [0, 0.1) is 0 Å². The molecule has 0 amide bonds. The summed E-state index contributed by atoms with van der Waals surface area (Å²) < 4.78 is 63.7. The molecule has 0 radical (unpaired) electrons. The van der Waals surface area contributed by atoms with Gasteiger partial charge in [0.15, 0.2) is 0 Å². The number of hydrogen-bond donors (Lipinski definition) is 1. The van der Waals surface area contributed by atoms with Crippen LogP contribution in [0.3, 0.4) is 0 Å². The Kier molecular flexibility index (Phi) is 5.07. The predicted octanol–water partition coefficient (Wildman–Crippen LogP) is 2.49. The molecule has 8 heteroatoms. The van der Waals surface area contributed by atoms with E-state index in [1.807, 2.05) is 0 Å². The SMILES string of the molecule is CCN(CC(C)(C)O)S(=O)(=O)c1cccc(C(F)(F)F)c1. The Morgan fingerprint density at radius 2 is 1.81 bits per heavy atom. The summed E-state index contributed by atoms with van der Waals surface area (Å²) >= 11 is 0. The van der Waals surface area contributed by atoms with Crippen molar-refractivity contribution < 1.29 is 26.7 Å². The molecule has 0 saturated carbocycles. The van der Waals surface area contributed by atoms with E-state index in [2.05, 4.69) is 0 Å². The van der Waals surface area contributed by atoms with E-state index in [1.165, 1.54) is 13.8 Å². The van der Waals surface area contributed by atoms with E-state index >= 15 is 0 Å². The first-order valence-electron chi connectivity index (χ1n) is 6.28. The molecule has 0 aliphatic heterocycles. The van der Waals surface area contributed by atoms with E-state index in [1.54, 1.807) is 6.92 Å². The molecule has 0 bridgehead atoms. The number of halogens is 3. The molecule has 0 saturated heterocycles. The first-order chi connectivity index (χ1) is 9.38. The molecule has 1 aromatic rings. The van der Waals surface area contributed by atoms with E-state index in [-0.39, 0.29) is 13.1 Å². The van der Waals surface area contributed by atoms with Crippen LogP contribution in [0.5, 0.6) is 0 Å². The number of aliphatic hydroxyl groups is 1. The lowest BCUT2D eigenvalue weighted by Crippen LogP contribution is -2.42. The summed E-state index contributed by atoms with van der Waals surface area (Å²) in [7, 11) is -4.09. The van der Waals surface area contributed by atoms with Gasteiger partial charge < -0.3 is 5.11 Å². The molecule has 0 fully saturated rings. The average Bonchev–Trinajstić information content (AvgIpc) is 2.34. The monoisotopic (exact) mass is 325 g/mol. The Bertz CT molecular complexity index is 591. The third-order valence-electron chi connectivity index (χ3n) is 2.72. The van der Waals surface area contributed by atoms with Gasteiger partial charge in [0, 0.05) is 13.1 Å². The van der Waals surface area contributed by atoms with Gasteiger partial charge in [-0.1, -0.05) is 13.0 Å². The Labute approximate surface area is 122 Å². The van der Waals surface area contributed by atoms with Crippen molar-refractivity contribution in [2.75, 3.05) is 13.1 Å². The van der Waals surface area contributed by atoms with Crippen molar-refractivity contribution in [1.82, 2.24) is 4.31 Å². The molecule has 0 aliphatic rings. The van der Waals surface area contributed by atoms with Crippen LogP contribution in [-0.2, 0) is 16.2 Å².